The molecule has 1 saturated carbocycles. The van der Waals surface area contributed by atoms with Crippen LogP contribution in [-0.2, 0) is 9.53 Å². The molecule has 2 fully saturated rings. The van der Waals surface area contributed by atoms with Gasteiger partial charge in [0, 0.05) is 19.1 Å². The van der Waals surface area contributed by atoms with Gasteiger partial charge in [0.25, 0.3) is 5.91 Å². The first-order chi connectivity index (χ1) is 8.76. The van der Waals surface area contributed by atoms with E-state index < -0.39 is 0 Å². The van der Waals surface area contributed by atoms with Gasteiger partial charge in [-0.05, 0) is 25.7 Å². The van der Waals surface area contributed by atoms with Crippen molar-refractivity contribution < 1.29 is 9.53 Å². The van der Waals surface area contributed by atoms with Crippen LogP contribution in [0.4, 0.5) is 0 Å². The molecular formula is C14H24N2O2. The molecule has 2 unspecified atom stereocenters. The minimum atomic E-state index is -0.279. The average molecular weight is 252 g/mol. The van der Waals surface area contributed by atoms with Crippen molar-refractivity contribution in [1.29, 1.82) is 0 Å². The Morgan fingerprint density at radius 2 is 2.06 bits per heavy atom. The molecule has 18 heavy (non-hydrogen) atoms. The highest BCUT2D eigenvalue weighted by Crippen LogP contribution is 2.27. The maximum absolute atomic E-state index is 12.5. The van der Waals surface area contributed by atoms with Crippen molar-refractivity contribution in [2.24, 2.45) is 5.73 Å². The van der Waals surface area contributed by atoms with E-state index in [9.17, 15) is 4.79 Å². The van der Waals surface area contributed by atoms with Crippen molar-refractivity contribution in [3.05, 3.63) is 12.7 Å². The van der Waals surface area contributed by atoms with Gasteiger partial charge in [0.2, 0.25) is 0 Å². The second-order valence-corrected chi connectivity index (χ2v) is 5.28. The summed E-state index contributed by atoms with van der Waals surface area (Å²) in [5.41, 5.74) is 5.59. The largest absolute Gasteiger partial charge is 0.364 e. The summed E-state index contributed by atoms with van der Waals surface area (Å²) in [6.07, 6.45) is 7.99. The molecule has 1 saturated heterocycles. The molecule has 0 bridgehead atoms. The number of rotatable bonds is 5. The highest BCUT2D eigenvalue weighted by molar-refractivity contribution is 5.81. The van der Waals surface area contributed by atoms with Crippen LogP contribution >= 0.6 is 0 Å². The van der Waals surface area contributed by atoms with Crippen molar-refractivity contribution in [3.63, 3.8) is 0 Å². The van der Waals surface area contributed by atoms with Gasteiger partial charge in [-0.15, -0.1) is 6.58 Å². The molecule has 102 valence electrons. The zero-order valence-electron chi connectivity index (χ0n) is 11.0. The quantitative estimate of drug-likeness (QED) is 0.753. The molecule has 0 aromatic heterocycles. The lowest BCUT2D eigenvalue weighted by Gasteiger charge is -2.30. The lowest BCUT2D eigenvalue weighted by atomic mass is 10.1. The zero-order valence-corrected chi connectivity index (χ0v) is 11.0. The van der Waals surface area contributed by atoms with Gasteiger partial charge in [-0.25, -0.2) is 0 Å². The summed E-state index contributed by atoms with van der Waals surface area (Å²) < 4.78 is 5.71. The van der Waals surface area contributed by atoms with Crippen LogP contribution in [0, 0.1) is 0 Å². The molecular weight excluding hydrogens is 228 g/mol. The summed E-state index contributed by atoms with van der Waals surface area (Å²) in [4.78, 5) is 14.5. The molecule has 0 spiro atoms. The third-order valence-corrected chi connectivity index (χ3v) is 4.02. The number of carbonyl (C=O) groups is 1. The minimum Gasteiger partial charge on any atom is -0.364 e. The minimum absolute atomic E-state index is 0.0631. The number of amides is 1. The number of hydrogen-bond donors (Lipinski definition) is 1. The maximum atomic E-state index is 12.5. The fourth-order valence-corrected chi connectivity index (χ4v) is 3.02. The molecule has 2 atom stereocenters. The van der Waals surface area contributed by atoms with E-state index in [0.717, 1.165) is 25.7 Å². The molecule has 2 rings (SSSR count). The number of hydrogen-bond acceptors (Lipinski definition) is 3. The van der Waals surface area contributed by atoms with Gasteiger partial charge in [0.05, 0.1) is 6.10 Å². The monoisotopic (exact) mass is 252 g/mol. The number of ether oxygens (including phenoxy) is 1. The summed E-state index contributed by atoms with van der Waals surface area (Å²) in [5.74, 6) is 0.137. The molecule has 4 nitrogen and oxygen atoms in total. The second kappa shape index (κ2) is 6.34. The fourth-order valence-electron chi connectivity index (χ4n) is 3.02. The highest BCUT2D eigenvalue weighted by Gasteiger charge is 2.35. The predicted octanol–water partition coefficient (Wildman–Crippen LogP) is 1.45. The highest BCUT2D eigenvalue weighted by atomic mass is 16.5. The van der Waals surface area contributed by atoms with E-state index in [1.54, 1.807) is 0 Å². The summed E-state index contributed by atoms with van der Waals surface area (Å²) in [5, 5.41) is 0. The van der Waals surface area contributed by atoms with E-state index in [2.05, 4.69) is 6.58 Å². The Hall–Kier alpha value is -0.870. The van der Waals surface area contributed by atoms with E-state index in [4.69, 9.17) is 10.5 Å². The first kappa shape index (κ1) is 13.6. The van der Waals surface area contributed by atoms with Crippen LogP contribution in [0.25, 0.3) is 0 Å². The number of nitrogens with two attached hydrogens (primary N) is 1. The molecule has 1 heterocycles. The molecule has 2 N–H and O–H groups in total. The molecule has 1 aliphatic heterocycles. The third kappa shape index (κ3) is 2.93. The normalized spacial score (nSPS) is 28.5. The van der Waals surface area contributed by atoms with Crippen molar-refractivity contribution in [2.45, 2.75) is 56.8 Å². The van der Waals surface area contributed by atoms with Gasteiger partial charge in [0.1, 0.15) is 6.10 Å². The average Bonchev–Trinajstić information content (AvgIpc) is 3.05. The van der Waals surface area contributed by atoms with E-state index >= 15 is 0 Å². The second-order valence-electron chi connectivity index (χ2n) is 5.28. The van der Waals surface area contributed by atoms with E-state index in [1.165, 1.54) is 12.8 Å². The van der Waals surface area contributed by atoms with Crippen molar-refractivity contribution in [3.8, 4) is 0 Å². The molecule has 0 aromatic rings. The van der Waals surface area contributed by atoms with Gasteiger partial charge in [-0.2, -0.15) is 0 Å². The standard InChI is InChI=1S/C14H24N2O2/c1-2-9-16(11-5-3-4-6-11)14(17)13-8-7-12(10-15)18-13/h2,11-13H,1,3-10,15H2. The zero-order chi connectivity index (χ0) is 13.0. The van der Waals surface area contributed by atoms with Gasteiger partial charge in [0.15, 0.2) is 0 Å². The van der Waals surface area contributed by atoms with Gasteiger partial charge < -0.3 is 15.4 Å². The maximum Gasteiger partial charge on any atom is 0.252 e. The topological polar surface area (TPSA) is 55.6 Å². The fraction of sp³-hybridized carbons (Fsp3) is 0.786. The Balaban J connectivity index is 1.97. The van der Waals surface area contributed by atoms with Crippen LogP contribution in [-0.4, -0.2) is 42.1 Å². The Kier molecular flexibility index (Phi) is 4.78. The Bertz CT molecular complexity index is 300. The van der Waals surface area contributed by atoms with Crippen LogP contribution in [0.3, 0.4) is 0 Å². The van der Waals surface area contributed by atoms with Crippen molar-refractivity contribution in [1.82, 2.24) is 4.90 Å². The molecule has 0 radical (unpaired) electrons. The summed E-state index contributed by atoms with van der Waals surface area (Å²) in [6, 6.07) is 0.385. The molecule has 2 aliphatic rings. The van der Waals surface area contributed by atoms with Gasteiger partial charge in [-0.1, -0.05) is 18.9 Å². The molecule has 1 aliphatic carbocycles. The van der Waals surface area contributed by atoms with Gasteiger partial charge >= 0.3 is 0 Å². The van der Waals surface area contributed by atoms with Crippen LogP contribution in [0.1, 0.15) is 38.5 Å². The molecule has 4 heteroatoms. The third-order valence-electron chi connectivity index (χ3n) is 4.02. The summed E-state index contributed by atoms with van der Waals surface area (Å²) in [6.45, 7) is 4.90. The SMILES string of the molecule is C=CCN(C(=O)C1CCC(CN)O1)C1CCCC1. The van der Waals surface area contributed by atoms with E-state index in [0.29, 0.717) is 19.1 Å². The summed E-state index contributed by atoms with van der Waals surface area (Å²) >= 11 is 0. The van der Waals surface area contributed by atoms with Crippen LogP contribution in [0.5, 0.6) is 0 Å². The lowest BCUT2D eigenvalue weighted by molar-refractivity contribution is -0.144. The molecule has 1 amide bonds. The predicted molar refractivity (Wildman–Crippen MR) is 71.1 cm³/mol. The smallest absolute Gasteiger partial charge is 0.252 e. The van der Waals surface area contributed by atoms with E-state index in [1.807, 2.05) is 11.0 Å². The lowest BCUT2D eigenvalue weighted by Crippen LogP contribution is -2.45. The Morgan fingerprint density at radius 1 is 1.33 bits per heavy atom. The Morgan fingerprint density at radius 3 is 2.61 bits per heavy atom. The first-order valence-corrected chi connectivity index (χ1v) is 7.03. The number of nitrogens with zero attached hydrogens (tertiary/aromatic N) is 1. The van der Waals surface area contributed by atoms with Crippen molar-refractivity contribution in [2.75, 3.05) is 13.1 Å². The first-order valence-electron chi connectivity index (χ1n) is 7.03. The molecule has 0 aromatic carbocycles. The van der Waals surface area contributed by atoms with Crippen LogP contribution < -0.4 is 5.73 Å². The van der Waals surface area contributed by atoms with Crippen molar-refractivity contribution >= 4 is 5.91 Å². The Labute approximate surface area is 109 Å². The summed E-state index contributed by atoms with van der Waals surface area (Å²) in [7, 11) is 0. The van der Waals surface area contributed by atoms with Gasteiger partial charge in [-0.3, -0.25) is 4.79 Å². The van der Waals surface area contributed by atoms with E-state index in [-0.39, 0.29) is 18.1 Å². The van der Waals surface area contributed by atoms with Crippen LogP contribution in [0.15, 0.2) is 12.7 Å². The number of carbonyl (C=O) groups excluding carboxylic acids is 1. The van der Waals surface area contributed by atoms with Crippen LogP contribution in [0.2, 0.25) is 0 Å².